The van der Waals surface area contributed by atoms with E-state index in [4.69, 9.17) is 11.6 Å². The third-order valence-corrected chi connectivity index (χ3v) is 4.52. The molecule has 0 spiro atoms. The molecule has 1 fully saturated rings. The molecule has 0 saturated carbocycles. The minimum absolute atomic E-state index is 0.0536. The van der Waals surface area contributed by atoms with E-state index in [1.54, 1.807) is 4.90 Å². The molecule has 1 saturated heterocycles. The fourth-order valence-electron chi connectivity index (χ4n) is 2.20. The molecule has 0 atom stereocenters. The van der Waals surface area contributed by atoms with Crippen molar-refractivity contribution in [3.8, 4) is 0 Å². The minimum atomic E-state index is -0.0536. The first-order chi connectivity index (χ1) is 9.95. The number of piperazine rings is 1. The molecule has 0 aromatic carbocycles. The highest BCUT2D eigenvalue weighted by Crippen LogP contribution is 2.22. The number of nitrogens with zero attached hydrogens (tertiary/aromatic N) is 2. The topological polar surface area (TPSA) is 52.7 Å². The molecule has 0 radical (unpaired) electrons. The van der Waals surface area contributed by atoms with Crippen molar-refractivity contribution in [3.05, 3.63) is 21.3 Å². The van der Waals surface area contributed by atoms with Crippen LogP contribution in [0, 0.1) is 0 Å². The quantitative estimate of drug-likeness (QED) is 0.924. The third kappa shape index (κ3) is 4.61. The second-order valence-electron chi connectivity index (χ2n) is 5.35. The van der Waals surface area contributed by atoms with Crippen LogP contribution >= 0.6 is 22.9 Å². The Morgan fingerprint density at radius 3 is 2.38 bits per heavy atom. The SMILES string of the molecule is CC(C)NC(=O)N1CCN(C(=O)Cc2ccc(Cl)s2)CC1. The summed E-state index contributed by atoms with van der Waals surface area (Å²) in [4.78, 5) is 28.6. The van der Waals surface area contributed by atoms with Crippen molar-refractivity contribution in [2.24, 2.45) is 0 Å². The number of rotatable bonds is 3. The predicted molar refractivity (Wildman–Crippen MR) is 84.9 cm³/mol. The summed E-state index contributed by atoms with van der Waals surface area (Å²) in [6.45, 7) is 6.20. The molecule has 1 aromatic heterocycles. The fraction of sp³-hybridized carbons (Fsp3) is 0.571. The van der Waals surface area contributed by atoms with Gasteiger partial charge >= 0.3 is 6.03 Å². The maximum absolute atomic E-state index is 12.2. The Bertz CT molecular complexity index is 510. The van der Waals surface area contributed by atoms with Crippen LogP contribution in [-0.2, 0) is 11.2 Å². The van der Waals surface area contributed by atoms with Crippen molar-refractivity contribution in [1.29, 1.82) is 0 Å². The number of thiophene rings is 1. The molecular weight excluding hydrogens is 310 g/mol. The molecule has 0 aliphatic carbocycles. The molecule has 21 heavy (non-hydrogen) atoms. The summed E-state index contributed by atoms with van der Waals surface area (Å²) in [5.74, 6) is 0.0948. The van der Waals surface area contributed by atoms with Gasteiger partial charge in [-0.3, -0.25) is 4.79 Å². The first kappa shape index (κ1) is 16.1. The second kappa shape index (κ2) is 7.13. The van der Waals surface area contributed by atoms with Crippen LogP contribution in [0.15, 0.2) is 12.1 Å². The van der Waals surface area contributed by atoms with E-state index in [2.05, 4.69) is 5.32 Å². The van der Waals surface area contributed by atoms with Crippen molar-refractivity contribution < 1.29 is 9.59 Å². The zero-order chi connectivity index (χ0) is 15.4. The van der Waals surface area contributed by atoms with Crippen LogP contribution in [-0.4, -0.2) is 54.0 Å². The van der Waals surface area contributed by atoms with E-state index in [0.29, 0.717) is 36.9 Å². The molecule has 0 bridgehead atoms. The second-order valence-corrected chi connectivity index (χ2v) is 7.15. The largest absolute Gasteiger partial charge is 0.339 e. The van der Waals surface area contributed by atoms with Crippen LogP contribution < -0.4 is 5.32 Å². The zero-order valence-electron chi connectivity index (χ0n) is 12.3. The molecular formula is C14H20ClN3O2S. The van der Waals surface area contributed by atoms with E-state index in [1.165, 1.54) is 11.3 Å². The molecule has 1 N–H and O–H groups in total. The normalized spacial score (nSPS) is 15.4. The first-order valence-corrected chi connectivity index (χ1v) is 8.22. The number of urea groups is 1. The Balaban J connectivity index is 1.80. The average Bonchev–Trinajstić information content (AvgIpc) is 2.83. The summed E-state index contributed by atoms with van der Waals surface area (Å²) < 4.78 is 0.702. The van der Waals surface area contributed by atoms with Gasteiger partial charge in [-0.25, -0.2) is 4.79 Å². The van der Waals surface area contributed by atoms with E-state index in [0.717, 1.165) is 4.88 Å². The van der Waals surface area contributed by atoms with E-state index >= 15 is 0 Å². The van der Waals surface area contributed by atoms with Crippen molar-refractivity contribution >= 4 is 34.9 Å². The standard InChI is InChI=1S/C14H20ClN3O2S/c1-10(2)16-14(20)18-7-5-17(6-8-18)13(19)9-11-3-4-12(15)21-11/h3-4,10H,5-9H2,1-2H3,(H,16,20). The summed E-state index contributed by atoms with van der Waals surface area (Å²) >= 11 is 7.30. The van der Waals surface area contributed by atoms with Crippen LogP contribution in [0.2, 0.25) is 4.34 Å². The van der Waals surface area contributed by atoms with Gasteiger partial charge in [0.1, 0.15) is 0 Å². The summed E-state index contributed by atoms with van der Waals surface area (Å²) in [6, 6.07) is 3.77. The van der Waals surface area contributed by atoms with Gasteiger partial charge in [0.05, 0.1) is 10.8 Å². The third-order valence-electron chi connectivity index (χ3n) is 3.29. The summed E-state index contributed by atoms with van der Waals surface area (Å²) in [5, 5.41) is 2.87. The highest BCUT2D eigenvalue weighted by Gasteiger charge is 2.24. The lowest BCUT2D eigenvalue weighted by Gasteiger charge is -2.35. The van der Waals surface area contributed by atoms with Crippen LogP contribution in [0.3, 0.4) is 0 Å². The fourth-order valence-corrected chi connectivity index (χ4v) is 3.28. The molecule has 1 aliphatic heterocycles. The molecule has 2 rings (SSSR count). The van der Waals surface area contributed by atoms with Crippen LogP contribution in [0.25, 0.3) is 0 Å². The van der Waals surface area contributed by atoms with Crippen molar-refractivity contribution in [2.75, 3.05) is 26.2 Å². The van der Waals surface area contributed by atoms with Gasteiger partial charge in [0, 0.05) is 37.1 Å². The smallest absolute Gasteiger partial charge is 0.317 e. The summed E-state index contributed by atoms with van der Waals surface area (Å²) in [5.41, 5.74) is 0. The molecule has 116 valence electrons. The Morgan fingerprint density at radius 2 is 1.86 bits per heavy atom. The van der Waals surface area contributed by atoms with Gasteiger partial charge in [0.2, 0.25) is 5.91 Å². The number of halogens is 1. The van der Waals surface area contributed by atoms with Gasteiger partial charge in [-0.15, -0.1) is 11.3 Å². The van der Waals surface area contributed by atoms with Crippen molar-refractivity contribution in [3.63, 3.8) is 0 Å². The molecule has 7 heteroatoms. The molecule has 3 amide bonds. The summed E-state index contributed by atoms with van der Waals surface area (Å²) in [6.07, 6.45) is 0.385. The van der Waals surface area contributed by atoms with Crippen molar-refractivity contribution in [2.45, 2.75) is 26.3 Å². The van der Waals surface area contributed by atoms with Gasteiger partial charge in [-0.2, -0.15) is 0 Å². The monoisotopic (exact) mass is 329 g/mol. The van der Waals surface area contributed by atoms with Gasteiger partial charge in [-0.05, 0) is 26.0 Å². The zero-order valence-corrected chi connectivity index (χ0v) is 13.8. The Kier molecular flexibility index (Phi) is 5.47. The van der Waals surface area contributed by atoms with E-state index in [-0.39, 0.29) is 18.0 Å². The molecule has 0 unspecified atom stereocenters. The number of nitrogens with one attached hydrogen (secondary N) is 1. The van der Waals surface area contributed by atoms with Gasteiger partial charge in [0.25, 0.3) is 0 Å². The van der Waals surface area contributed by atoms with Gasteiger partial charge in [0.15, 0.2) is 0 Å². The lowest BCUT2D eigenvalue weighted by atomic mass is 10.2. The Morgan fingerprint density at radius 1 is 1.24 bits per heavy atom. The molecule has 5 nitrogen and oxygen atoms in total. The molecule has 1 aromatic rings. The van der Waals surface area contributed by atoms with Crippen LogP contribution in [0.1, 0.15) is 18.7 Å². The maximum atomic E-state index is 12.2. The Labute approximate surface area is 133 Å². The first-order valence-electron chi connectivity index (χ1n) is 7.03. The minimum Gasteiger partial charge on any atom is -0.339 e. The lowest BCUT2D eigenvalue weighted by molar-refractivity contribution is -0.131. The number of amides is 3. The average molecular weight is 330 g/mol. The Hall–Kier alpha value is -1.27. The van der Waals surface area contributed by atoms with Gasteiger partial charge < -0.3 is 15.1 Å². The number of hydrogen-bond acceptors (Lipinski definition) is 3. The van der Waals surface area contributed by atoms with Crippen LogP contribution in [0.5, 0.6) is 0 Å². The highest BCUT2D eigenvalue weighted by molar-refractivity contribution is 7.16. The predicted octanol–water partition coefficient (Wildman–Crippen LogP) is 2.21. The number of hydrogen-bond donors (Lipinski definition) is 1. The lowest BCUT2D eigenvalue weighted by Crippen LogP contribution is -2.54. The van der Waals surface area contributed by atoms with Gasteiger partial charge in [-0.1, -0.05) is 11.6 Å². The number of carbonyl (C=O) groups excluding carboxylic acids is 2. The van der Waals surface area contributed by atoms with E-state index in [1.807, 2.05) is 30.9 Å². The van der Waals surface area contributed by atoms with Crippen LogP contribution in [0.4, 0.5) is 4.79 Å². The maximum Gasteiger partial charge on any atom is 0.317 e. The molecule has 2 heterocycles. The van der Waals surface area contributed by atoms with E-state index < -0.39 is 0 Å². The van der Waals surface area contributed by atoms with E-state index in [9.17, 15) is 9.59 Å². The molecule has 1 aliphatic rings. The number of carbonyl (C=O) groups is 2. The summed E-state index contributed by atoms with van der Waals surface area (Å²) in [7, 11) is 0. The highest BCUT2D eigenvalue weighted by atomic mass is 35.5. The van der Waals surface area contributed by atoms with Crippen molar-refractivity contribution in [1.82, 2.24) is 15.1 Å².